The van der Waals surface area contributed by atoms with Gasteiger partial charge in [-0.2, -0.15) is 5.10 Å². The van der Waals surface area contributed by atoms with E-state index < -0.39 is 0 Å². The molecule has 0 bridgehead atoms. The van der Waals surface area contributed by atoms with E-state index in [2.05, 4.69) is 25.9 Å². The summed E-state index contributed by atoms with van der Waals surface area (Å²) < 4.78 is 2.94. The van der Waals surface area contributed by atoms with Crippen LogP contribution in [-0.2, 0) is 0 Å². The minimum atomic E-state index is 0.149. The van der Waals surface area contributed by atoms with E-state index in [1.807, 2.05) is 47.7 Å². The molecular weight excluding hydrogens is 404 g/mol. The van der Waals surface area contributed by atoms with Crippen molar-refractivity contribution in [3.8, 4) is 5.69 Å². The van der Waals surface area contributed by atoms with Crippen LogP contribution < -0.4 is 0 Å². The highest BCUT2D eigenvalue weighted by atomic mass is 79.9. The van der Waals surface area contributed by atoms with Crippen molar-refractivity contribution in [2.75, 3.05) is 26.2 Å². The number of aromatic nitrogens is 2. The molecule has 2 aliphatic rings. The van der Waals surface area contributed by atoms with Gasteiger partial charge in [0, 0.05) is 24.7 Å². The topological polar surface area (TPSA) is 41.4 Å². The van der Waals surface area contributed by atoms with Gasteiger partial charge in [-0.3, -0.25) is 4.79 Å². The Balaban J connectivity index is 1.41. The molecule has 2 fully saturated rings. The number of benzene rings is 1. The molecule has 0 radical (unpaired) electrons. The molecule has 144 valence electrons. The van der Waals surface area contributed by atoms with Crippen LogP contribution in [0.2, 0.25) is 0 Å². The molecule has 27 heavy (non-hydrogen) atoms. The quantitative estimate of drug-likeness (QED) is 0.739. The first-order valence-corrected chi connectivity index (χ1v) is 10.7. The van der Waals surface area contributed by atoms with Crippen molar-refractivity contribution in [1.82, 2.24) is 19.6 Å². The molecule has 2 aromatic rings. The molecule has 6 heteroatoms. The van der Waals surface area contributed by atoms with E-state index in [-0.39, 0.29) is 5.91 Å². The van der Waals surface area contributed by atoms with Crippen molar-refractivity contribution in [3.63, 3.8) is 0 Å². The van der Waals surface area contributed by atoms with E-state index in [1.165, 1.54) is 25.9 Å². The molecule has 0 unspecified atom stereocenters. The molecule has 0 aliphatic carbocycles. The number of piperidine rings is 1. The van der Waals surface area contributed by atoms with E-state index in [0.717, 1.165) is 53.0 Å². The number of likely N-dealkylation sites (tertiary alicyclic amines) is 2. The Bertz CT molecular complexity index is 815. The van der Waals surface area contributed by atoms with Crippen molar-refractivity contribution in [2.45, 2.75) is 45.6 Å². The molecule has 2 aliphatic heterocycles. The third kappa shape index (κ3) is 3.69. The van der Waals surface area contributed by atoms with E-state index in [4.69, 9.17) is 0 Å². The number of aryl methyl sites for hydroxylation is 1. The maximum atomic E-state index is 12.9. The van der Waals surface area contributed by atoms with Crippen molar-refractivity contribution in [3.05, 3.63) is 45.7 Å². The second-order valence-corrected chi connectivity index (χ2v) is 8.50. The zero-order valence-electron chi connectivity index (χ0n) is 16.1. The predicted octanol–water partition coefficient (Wildman–Crippen LogP) is 3.95. The lowest BCUT2D eigenvalue weighted by molar-refractivity contribution is 0.0644. The SMILES string of the molecule is Cc1nn(-c2ccc(C(=O)N3CCC(N4CCCC4)CC3)cc2)c(C)c1Br. The predicted molar refractivity (Wildman–Crippen MR) is 110 cm³/mol. The first kappa shape index (κ1) is 18.7. The average Bonchev–Trinajstić information content (AvgIpc) is 3.33. The molecular formula is C21H27BrN4O. The Morgan fingerprint density at radius 2 is 1.67 bits per heavy atom. The fourth-order valence-electron chi connectivity index (χ4n) is 4.34. The maximum Gasteiger partial charge on any atom is 0.253 e. The summed E-state index contributed by atoms with van der Waals surface area (Å²) in [4.78, 5) is 17.5. The van der Waals surface area contributed by atoms with Crippen molar-refractivity contribution in [2.24, 2.45) is 0 Å². The van der Waals surface area contributed by atoms with E-state index >= 15 is 0 Å². The Hall–Kier alpha value is -1.66. The third-order valence-corrected chi connectivity index (χ3v) is 7.12. The van der Waals surface area contributed by atoms with Crippen LogP contribution in [0.5, 0.6) is 0 Å². The van der Waals surface area contributed by atoms with Gasteiger partial charge in [0.1, 0.15) is 0 Å². The Labute approximate surface area is 169 Å². The fourth-order valence-corrected chi connectivity index (χ4v) is 4.59. The summed E-state index contributed by atoms with van der Waals surface area (Å²) in [5, 5.41) is 4.56. The minimum absolute atomic E-state index is 0.149. The lowest BCUT2D eigenvalue weighted by Crippen LogP contribution is -2.45. The lowest BCUT2D eigenvalue weighted by atomic mass is 10.0. The second kappa shape index (κ2) is 7.76. The number of nitrogens with zero attached hydrogens (tertiary/aromatic N) is 4. The lowest BCUT2D eigenvalue weighted by Gasteiger charge is -2.36. The number of carbonyl (C=O) groups excluding carboxylic acids is 1. The zero-order valence-corrected chi connectivity index (χ0v) is 17.7. The van der Waals surface area contributed by atoms with Crippen LogP contribution in [0, 0.1) is 13.8 Å². The summed E-state index contributed by atoms with van der Waals surface area (Å²) in [6.45, 7) is 8.23. The zero-order chi connectivity index (χ0) is 19.0. The van der Waals surface area contributed by atoms with Gasteiger partial charge >= 0.3 is 0 Å². The molecule has 3 heterocycles. The molecule has 0 spiro atoms. The summed E-state index contributed by atoms with van der Waals surface area (Å²) in [7, 11) is 0. The average molecular weight is 431 g/mol. The minimum Gasteiger partial charge on any atom is -0.339 e. The summed E-state index contributed by atoms with van der Waals surface area (Å²) in [5.41, 5.74) is 3.77. The van der Waals surface area contributed by atoms with Crippen LogP contribution >= 0.6 is 15.9 Å². The molecule has 4 rings (SSSR count). The first-order valence-electron chi connectivity index (χ1n) is 9.90. The van der Waals surface area contributed by atoms with Gasteiger partial charge in [-0.1, -0.05) is 0 Å². The van der Waals surface area contributed by atoms with Gasteiger partial charge in [0.15, 0.2) is 0 Å². The molecule has 1 amide bonds. The fraction of sp³-hybridized carbons (Fsp3) is 0.524. The van der Waals surface area contributed by atoms with Gasteiger partial charge in [-0.05, 0) is 92.8 Å². The monoisotopic (exact) mass is 430 g/mol. The number of hydrogen-bond donors (Lipinski definition) is 0. The number of halogens is 1. The van der Waals surface area contributed by atoms with E-state index in [9.17, 15) is 4.79 Å². The third-order valence-electron chi connectivity index (χ3n) is 5.97. The number of carbonyl (C=O) groups is 1. The van der Waals surface area contributed by atoms with Crippen LogP contribution in [-0.4, -0.2) is 57.7 Å². The Kier molecular flexibility index (Phi) is 5.37. The van der Waals surface area contributed by atoms with Gasteiger partial charge in [0.2, 0.25) is 0 Å². The van der Waals surface area contributed by atoms with Gasteiger partial charge in [-0.15, -0.1) is 0 Å². The van der Waals surface area contributed by atoms with Crippen LogP contribution in [0.1, 0.15) is 47.4 Å². The van der Waals surface area contributed by atoms with Gasteiger partial charge < -0.3 is 9.80 Å². The molecule has 5 nitrogen and oxygen atoms in total. The highest BCUT2D eigenvalue weighted by molar-refractivity contribution is 9.10. The first-order chi connectivity index (χ1) is 13.0. The van der Waals surface area contributed by atoms with Crippen molar-refractivity contribution >= 4 is 21.8 Å². The summed E-state index contributed by atoms with van der Waals surface area (Å²) in [6.07, 6.45) is 4.86. The molecule has 1 aromatic carbocycles. The number of hydrogen-bond acceptors (Lipinski definition) is 3. The highest BCUT2D eigenvalue weighted by Crippen LogP contribution is 2.24. The Morgan fingerprint density at radius 1 is 1.04 bits per heavy atom. The van der Waals surface area contributed by atoms with Crippen LogP contribution in [0.3, 0.4) is 0 Å². The van der Waals surface area contributed by atoms with E-state index in [1.54, 1.807) is 0 Å². The number of rotatable bonds is 3. The van der Waals surface area contributed by atoms with Crippen LogP contribution in [0.4, 0.5) is 0 Å². The standard InChI is InChI=1S/C21H27BrN4O/c1-15-20(22)16(2)26(23-15)19-7-5-17(6-8-19)21(27)25-13-9-18(10-14-25)24-11-3-4-12-24/h5-8,18H,3-4,9-14H2,1-2H3. The van der Waals surface area contributed by atoms with E-state index in [0.29, 0.717) is 6.04 Å². The highest BCUT2D eigenvalue weighted by Gasteiger charge is 2.28. The summed E-state index contributed by atoms with van der Waals surface area (Å²) in [5.74, 6) is 0.149. The smallest absolute Gasteiger partial charge is 0.253 e. The van der Waals surface area contributed by atoms with Crippen molar-refractivity contribution < 1.29 is 4.79 Å². The largest absolute Gasteiger partial charge is 0.339 e. The van der Waals surface area contributed by atoms with Gasteiger partial charge in [-0.25, -0.2) is 4.68 Å². The Morgan fingerprint density at radius 3 is 2.22 bits per heavy atom. The van der Waals surface area contributed by atoms with Gasteiger partial charge in [0.25, 0.3) is 5.91 Å². The van der Waals surface area contributed by atoms with Crippen molar-refractivity contribution in [1.29, 1.82) is 0 Å². The second-order valence-electron chi connectivity index (χ2n) is 7.71. The molecule has 0 atom stereocenters. The molecule has 0 saturated carbocycles. The maximum absolute atomic E-state index is 12.9. The summed E-state index contributed by atoms with van der Waals surface area (Å²) in [6, 6.07) is 8.48. The van der Waals surface area contributed by atoms with Crippen LogP contribution in [0.25, 0.3) is 5.69 Å². The molecule has 1 aromatic heterocycles. The normalized spacial score (nSPS) is 19.0. The number of amides is 1. The van der Waals surface area contributed by atoms with Crippen LogP contribution in [0.15, 0.2) is 28.7 Å². The summed E-state index contributed by atoms with van der Waals surface area (Å²) >= 11 is 3.57. The molecule has 2 saturated heterocycles. The molecule has 0 N–H and O–H groups in total. The van der Waals surface area contributed by atoms with Gasteiger partial charge in [0.05, 0.1) is 21.5 Å².